The topological polar surface area (TPSA) is 29.1 Å². The molecule has 38 heavy (non-hydrogen) atoms. The molecule has 0 saturated heterocycles. The third-order valence-corrected chi connectivity index (χ3v) is 7.08. The van der Waals surface area contributed by atoms with E-state index in [9.17, 15) is 4.79 Å². The number of hydrogen-bond acceptors (Lipinski definition) is 1. The zero-order valence-corrected chi connectivity index (χ0v) is 20.9. The van der Waals surface area contributed by atoms with Crippen LogP contribution in [0.1, 0.15) is 27.8 Å². The average Bonchev–Trinajstić information content (AvgIpc) is 3.27. The van der Waals surface area contributed by atoms with Gasteiger partial charge in [0.1, 0.15) is 5.41 Å². The van der Waals surface area contributed by atoms with Gasteiger partial charge in [0.25, 0.3) is 0 Å². The molecule has 5 aromatic carbocycles. The van der Waals surface area contributed by atoms with E-state index in [4.69, 9.17) is 0 Å². The van der Waals surface area contributed by atoms with E-state index < -0.39 is 5.41 Å². The summed E-state index contributed by atoms with van der Waals surface area (Å²) in [6.45, 7) is 0. The van der Waals surface area contributed by atoms with E-state index in [-0.39, 0.29) is 5.91 Å². The van der Waals surface area contributed by atoms with Crippen LogP contribution in [0.5, 0.6) is 0 Å². The number of nitrogens with one attached hydrogen (secondary N) is 1. The predicted octanol–water partition coefficient (Wildman–Crippen LogP) is 8.14. The van der Waals surface area contributed by atoms with Crippen LogP contribution in [0.4, 0.5) is 5.69 Å². The summed E-state index contributed by atoms with van der Waals surface area (Å²) < 4.78 is 0. The zero-order valence-electron chi connectivity index (χ0n) is 20.9. The van der Waals surface area contributed by atoms with Crippen LogP contribution in [0.15, 0.2) is 158 Å². The molecule has 1 aliphatic heterocycles. The standard InChI is InChI=1S/C36H27NO/c38-35-36(33-23-13-14-24-34(33)37-35,25-31(27-15-5-1-6-16-27)28-17-7-2-8-18-28)26-32(29-19-9-3-10-20-29)30-21-11-4-12-22-30/h1-26H,(H,37,38). The van der Waals surface area contributed by atoms with Gasteiger partial charge >= 0.3 is 0 Å². The van der Waals surface area contributed by atoms with Crippen LogP contribution in [0.2, 0.25) is 0 Å². The number of carbonyl (C=O) groups is 1. The third kappa shape index (κ3) is 4.38. The number of para-hydroxylation sites is 1. The van der Waals surface area contributed by atoms with E-state index in [0.29, 0.717) is 0 Å². The number of amides is 1. The van der Waals surface area contributed by atoms with Gasteiger partial charge in [-0.2, -0.15) is 0 Å². The molecule has 0 radical (unpaired) electrons. The molecule has 0 aromatic heterocycles. The van der Waals surface area contributed by atoms with Crippen LogP contribution in [0.3, 0.4) is 0 Å². The van der Waals surface area contributed by atoms with Crippen molar-refractivity contribution >= 4 is 22.7 Å². The summed E-state index contributed by atoms with van der Waals surface area (Å²) in [7, 11) is 0. The number of rotatable bonds is 6. The minimum absolute atomic E-state index is 0.0626. The Balaban J connectivity index is 1.69. The molecule has 0 fully saturated rings. The van der Waals surface area contributed by atoms with E-state index in [0.717, 1.165) is 44.7 Å². The fourth-order valence-electron chi connectivity index (χ4n) is 5.22. The summed E-state index contributed by atoms with van der Waals surface area (Å²) in [5.41, 5.74) is 7.01. The number of hydrogen-bond donors (Lipinski definition) is 1. The molecule has 2 heteroatoms. The van der Waals surface area contributed by atoms with E-state index in [1.807, 2.05) is 91.0 Å². The Labute approximate surface area is 223 Å². The van der Waals surface area contributed by atoms with Crippen molar-refractivity contribution in [2.75, 3.05) is 5.32 Å². The van der Waals surface area contributed by atoms with Crippen molar-refractivity contribution in [2.24, 2.45) is 0 Å². The van der Waals surface area contributed by atoms with Gasteiger partial charge in [0, 0.05) is 5.69 Å². The molecule has 1 aliphatic rings. The predicted molar refractivity (Wildman–Crippen MR) is 157 cm³/mol. The van der Waals surface area contributed by atoms with E-state index >= 15 is 0 Å². The molecular weight excluding hydrogens is 462 g/mol. The van der Waals surface area contributed by atoms with Gasteiger partial charge in [-0.05, 0) is 45.0 Å². The Bertz CT molecular complexity index is 1440. The van der Waals surface area contributed by atoms with Crippen molar-refractivity contribution in [2.45, 2.75) is 5.41 Å². The van der Waals surface area contributed by atoms with Crippen molar-refractivity contribution in [3.05, 3.63) is 186 Å². The molecule has 0 unspecified atom stereocenters. The van der Waals surface area contributed by atoms with Crippen molar-refractivity contribution in [3.8, 4) is 0 Å². The van der Waals surface area contributed by atoms with Gasteiger partial charge in [-0.25, -0.2) is 0 Å². The molecule has 0 aliphatic carbocycles. The lowest BCUT2D eigenvalue weighted by molar-refractivity contribution is -0.118. The molecule has 0 bridgehead atoms. The molecule has 0 spiro atoms. The fraction of sp³-hybridized carbons (Fsp3) is 0.0278. The summed E-state index contributed by atoms with van der Waals surface area (Å²) >= 11 is 0. The lowest BCUT2D eigenvalue weighted by Gasteiger charge is -2.25. The second-order valence-corrected chi connectivity index (χ2v) is 9.45. The Hall–Kier alpha value is -4.95. The third-order valence-electron chi connectivity index (χ3n) is 7.08. The second-order valence-electron chi connectivity index (χ2n) is 9.45. The first-order valence-corrected chi connectivity index (χ1v) is 12.8. The first-order chi connectivity index (χ1) is 18.7. The minimum Gasteiger partial charge on any atom is -0.324 e. The van der Waals surface area contributed by atoms with E-state index in [1.54, 1.807) is 0 Å². The monoisotopic (exact) mass is 489 g/mol. The Morgan fingerprint density at radius 1 is 0.474 bits per heavy atom. The highest BCUT2D eigenvalue weighted by atomic mass is 16.2. The van der Waals surface area contributed by atoms with Crippen LogP contribution in [0.25, 0.3) is 11.1 Å². The minimum atomic E-state index is -1.03. The fourth-order valence-corrected chi connectivity index (χ4v) is 5.22. The van der Waals surface area contributed by atoms with Crippen molar-refractivity contribution in [3.63, 3.8) is 0 Å². The lowest BCUT2D eigenvalue weighted by atomic mass is 9.75. The van der Waals surface area contributed by atoms with Gasteiger partial charge < -0.3 is 5.32 Å². The normalized spacial score (nSPS) is 13.2. The number of benzene rings is 5. The molecule has 1 heterocycles. The lowest BCUT2D eigenvalue weighted by Crippen LogP contribution is -2.31. The largest absolute Gasteiger partial charge is 0.324 e. The summed E-state index contributed by atoms with van der Waals surface area (Å²) in [6, 6.07) is 49.2. The highest BCUT2D eigenvalue weighted by Gasteiger charge is 2.44. The molecule has 0 atom stereocenters. The second kappa shape index (κ2) is 10.2. The first-order valence-electron chi connectivity index (χ1n) is 12.8. The molecular formula is C36H27NO. The Morgan fingerprint density at radius 3 is 1.21 bits per heavy atom. The van der Waals surface area contributed by atoms with E-state index in [1.165, 1.54) is 0 Å². The maximum Gasteiger partial charge on any atom is 0.242 e. The SMILES string of the molecule is O=C1Nc2ccccc2C1(C=C(c1ccccc1)c1ccccc1)C=C(c1ccccc1)c1ccccc1. The summed E-state index contributed by atoms with van der Waals surface area (Å²) in [5.74, 6) is -0.0626. The average molecular weight is 490 g/mol. The molecule has 2 nitrogen and oxygen atoms in total. The zero-order chi connectivity index (χ0) is 25.8. The highest BCUT2D eigenvalue weighted by molar-refractivity contribution is 6.12. The molecule has 5 aromatic rings. The summed E-state index contributed by atoms with van der Waals surface area (Å²) in [6.07, 6.45) is 4.29. The van der Waals surface area contributed by atoms with Crippen LogP contribution in [0, 0.1) is 0 Å². The van der Waals surface area contributed by atoms with Crippen molar-refractivity contribution in [1.29, 1.82) is 0 Å². The summed E-state index contributed by atoms with van der Waals surface area (Å²) in [5, 5.41) is 3.18. The number of carbonyl (C=O) groups excluding carboxylic acids is 1. The first kappa shape index (κ1) is 23.4. The smallest absolute Gasteiger partial charge is 0.242 e. The summed E-state index contributed by atoms with van der Waals surface area (Å²) in [4.78, 5) is 14.1. The number of anilines is 1. The number of fused-ring (bicyclic) bond motifs is 1. The maximum atomic E-state index is 14.1. The van der Waals surface area contributed by atoms with Crippen LogP contribution in [-0.4, -0.2) is 5.91 Å². The molecule has 182 valence electrons. The van der Waals surface area contributed by atoms with Crippen LogP contribution >= 0.6 is 0 Å². The Kier molecular flexibility index (Phi) is 6.29. The van der Waals surface area contributed by atoms with Gasteiger partial charge in [0.15, 0.2) is 0 Å². The van der Waals surface area contributed by atoms with E-state index in [2.05, 4.69) is 72.1 Å². The van der Waals surface area contributed by atoms with Gasteiger partial charge in [0.2, 0.25) is 5.91 Å². The van der Waals surface area contributed by atoms with Gasteiger partial charge in [0.05, 0.1) is 0 Å². The van der Waals surface area contributed by atoms with Crippen LogP contribution in [-0.2, 0) is 10.2 Å². The van der Waals surface area contributed by atoms with Gasteiger partial charge in [-0.1, -0.05) is 152 Å². The van der Waals surface area contributed by atoms with Gasteiger partial charge in [-0.3, -0.25) is 4.79 Å². The van der Waals surface area contributed by atoms with Crippen molar-refractivity contribution in [1.82, 2.24) is 0 Å². The molecule has 0 saturated carbocycles. The van der Waals surface area contributed by atoms with Crippen LogP contribution < -0.4 is 5.32 Å². The quantitative estimate of drug-likeness (QED) is 0.256. The Morgan fingerprint density at radius 2 is 0.816 bits per heavy atom. The van der Waals surface area contributed by atoms with Crippen molar-refractivity contribution < 1.29 is 4.79 Å². The maximum absolute atomic E-state index is 14.1. The molecule has 1 amide bonds. The highest BCUT2D eigenvalue weighted by Crippen LogP contribution is 2.45. The molecule has 6 rings (SSSR count). The molecule has 1 N–H and O–H groups in total. The van der Waals surface area contributed by atoms with Gasteiger partial charge in [-0.15, -0.1) is 0 Å².